The predicted molar refractivity (Wildman–Crippen MR) is 296 cm³/mol. The van der Waals surface area contributed by atoms with Gasteiger partial charge in [-0.1, -0.05) is 135 Å². The smallest absolute Gasteiger partial charge is 0.407 e. The van der Waals surface area contributed by atoms with Gasteiger partial charge in [-0.2, -0.15) is 0 Å². The molecule has 0 bridgehead atoms. The minimum atomic E-state index is -5.95. The average molecular weight is 1130 g/mol. The van der Waals surface area contributed by atoms with Crippen molar-refractivity contribution in [1.29, 1.82) is 0 Å². The van der Waals surface area contributed by atoms with Crippen LogP contribution in [0.15, 0.2) is 124 Å². The van der Waals surface area contributed by atoms with Crippen LogP contribution >= 0.6 is 11.8 Å². The molecule has 1 aliphatic rings. The first-order valence-electron chi connectivity index (χ1n) is 25.3. The van der Waals surface area contributed by atoms with Gasteiger partial charge in [-0.3, -0.25) is 0 Å². The monoisotopic (exact) mass is 1130 g/mol. The highest BCUT2D eigenvalue weighted by Crippen LogP contribution is 2.41. The molecule has 1 amide bonds. The van der Waals surface area contributed by atoms with Gasteiger partial charge in [0.15, 0.2) is 28.2 Å². The van der Waals surface area contributed by atoms with Crippen LogP contribution in [-0.4, -0.2) is 54.4 Å². The number of fused-ring (bicyclic) bond motifs is 2. The highest BCUT2D eigenvalue weighted by molar-refractivity contribution is 8.04. The Bertz CT molecular complexity index is 3610. The first-order chi connectivity index (χ1) is 36.8. The Morgan fingerprint density at radius 1 is 0.667 bits per heavy atom. The Morgan fingerprint density at radius 2 is 1.26 bits per heavy atom. The van der Waals surface area contributed by atoms with Crippen LogP contribution in [0.25, 0.3) is 11.6 Å². The molecule has 7 rings (SSSR count). The first-order valence-corrected chi connectivity index (χ1v) is 29.3. The number of rotatable bonds is 20. The Balaban J connectivity index is 1.28. The normalized spacial score (nSPS) is 12.7. The number of sulfonamides is 2. The largest absolute Gasteiger partial charge is 0.460 e. The van der Waals surface area contributed by atoms with Gasteiger partial charge in [0.25, 0.3) is 20.0 Å². The Labute approximate surface area is 457 Å². The zero-order valence-electron chi connectivity index (χ0n) is 44.8. The summed E-state index contributed by atoms with van der Waals surface area (Å²) in [5, 5.41) is 3.48. The van der Waals surface area contributed by atoms with E-state index in [-0.39, 0.29) is 59.7 Å². The van der Waals surface area contributed by atoms with Crippen LogP contribution in [0.1, 0.15) is 136 Å². The van der Waals surface area contributed by atoms with Gasteiger partial charge in [-0.05, 0) is 112 Å². The van der Waals surface area contributed by atoms with Crippen molar-refractivity contribution in [2.24, 2.45) is 0 Å². The zero-order chi connectivity index (χ0) is 57.0. The van der Waals surface area contributed by atoms with E-state index in [0.29, 0.717) is 34.3 Å². The second-order valence-corrected chi connectivity index (χ2v) is 24.7. The number of carbonyl (C=O) groups excluding carboxylic acids is 2. The number of hydrogen-bond acceptors (Lipinski definition) is 10. The Kier molecular flexibility index (Phi) is 18.5. The van der Waals surface area contributed by atoms with Gasteiger partial charge in [-0.15, -0.1) is 15.9 Å². The van der Waals surface area contributed by atoms with Crippen molar-refractivity contribution in [3.05, 3.63) is 193 Å². The second kappa shape index (κ2) is 24.5. The molecule has 0 atom stereocenters. The number of carbonyl (C=O) groups is 2. The lowest BCUT2D eigenvalue weighted by molar-refractivity contribution is -0.138. The molecule has 0 aliphatic carbocycles. The lowest BCUT2D eigenvalue weighted by atomic mass is 9.85. The summed E-state index contributed by atoms with van der Waals surface area (Å²) in [5.41, 5.74) is 8.72. The molecule has 78 heavy (non-hydrogen) atoms. The Morgan fingerprint density at radius 3 is 1.85 bits per heavy atom. The van der Waals surface area contributed by atoms with Crippen LogP contribution in [0, 0.1) is 23.3 Å². The minimum Gasteiger partial charge on any atom is -0.460 e. The molecular formula is C60H62F4N2O9S3. The van der Waals surface area contributed by atoms with Gasteiger partial charge in [0.05, 0.1) is 16.3 Å². The molecule has 0 radical (unpaired) electrons. The van der Waals surface area contributed by atoms with E-state index in [4.69, 9.17) is 14.2 Å². The molecule has 412 valence electrons. The predicted octanol–water partition coefficient (Wildman–Crippen LogP) is 12.1. The van der Waals surface area contributed by atoms with Crippen molar-refractivity contribution in [3.63, 3.8) is 0 Å². The van der Waals surface area contributed by atoms with Crippen LogP contribution in [0.4, 0.5) is 22.4 Å². The number of benzene rings is 6. The summed E-state index contributed by atoms with van der Waals surface area (Å²) in [7, 11) is -11.3. The lowest BCUT2D eigenvalue weighted by Crippen LogP contribution is -2.33. The summed E-state index contributed by atoms with van der Waals surface area (Å²) in [6.45, 7) is 21.0. The molecule has 6 aromatic rings. The van der Waals surface area contributed by atoms with Crippen molar-refractivity contribution in [2.75, 3.05) is 25.5 Å². The molecule has 0 saturated heterocycles. The molecule has 11 nitrogen and oxygen atoms in total. The van der Waals surface area contributed by atoms with Crippen LogP contribution in [0.2, 0.25) is 0 Å². The molecule has 18 heteroatoms. The van der Waals surface area contributed by atoms with Crippen molar-refractivity contribution in [2.45, 2.75) is 107 Å². The van der Waals surface area contributed by atoms with E-state index in [1.54, 1.807) is 12.1 Å². The van der Waals surface area contributed by atoms with Gasteiger partial charge in [-0.25, -0.2) is 44.0 Å². The van der Waals surface area contributed by atoms with Crippen molar-refractivity contribution in [3.8, 4) is 11.5 Å². The fraction of sp³-hybridized carbons (Fsp3) is 0.300. The number of amides is 1. The molecule has 0 unspecified atom stereocenters. The Hall–Kier alpha value is -6.73. The van der Waals surface area contributed by atoms with Crippen molar-refractivity contribution < 1.29 is 58.2 Å². The van der Waals surface area contributed by atoms with E-state index in [1.165, 1.54) is 45.9 Å². The minimum absolute atomic E-state index is 0.0258. The van der Waals surface area contributed by atoms with E-state index in [2.05, 4.69) is 104 Å². The van der Waals surface area contributed by atoms with Gasteiger partial charge >= 0.3 is 12.1 Å². The van der Waals surface area contributed by atoms with Gasteiger partial charge in [0.1, 0.15) is 24.7 Å². The molecule has 0 fully saturated rings. The lowest BCUT2D eigenvalue weighted by Gasteiger charge is -2.24. The van der Waals surface area contributed by atoms with E-state index in [0.717, 1.165) is 33.5 Å². The summed E-state index contributed by atoms with van der Waals surface area (Å²) in [6, 6.07) is 29.1. The van der Waals surface area contributed by atoms with Gasteiger partial charge in [0.2, 0.25) is 0 Å². The second-order valence-electron chi connectivity index (χ2n) is 20.1. The number of alkyl carbamates (subject to hydrolysis) is 1. The maximum Gasteiger partial charge on any atom is 0.407 e. The third kappa shape index (κ3) is 12.9. The number of ether oxygens (including phenoxy) is 3. The number of esters is 1. The molecule has 1 heterocycles. The van der Waals surface area contributed by atoms with Crippen LogP contribution in [0.3, 0.4) is 0 Å². The topological polar surface area (TPSA) is 154 Å². The quantitative estimate of drug-likeness (QED) is 0.0188. The summed E-state index contributed by atoms with van der Waals surface area (Å²) in [4.78, 5) is 19.3. The third-order valence-electron chi connectivity index (χ3n) is 13.0. The molecule has 0 aromatic heterocycles. The average Bonchev–Trinajstić information content (AvgIpc) is 3.39. The summed E-state index contributed by atoms with van der Waals surface area (Å²) < 4.78 is 138. The molecule has 0 saturated carbocycles. The maximum absolute atomic E-state index is 15.8. The van der Waals surface area contributed by atoms with Crippen LogP contribution < -0.4 is 24.6 Å². The van der Waals surface area contributed by atoms with Crippen molar-refractivity contribution >= 4 is 55.5 Å². The van der Waals surface area contributed by atoms with E-state index >= 15 is 17.6 Å². The van der Waals surface area contributed by atoms with Crippen molar-refractivity contribution in [1.82, 2.24) is 9.44 Å². The highest BCUT2D eigenvalue weighted by Gasteiger charge is 2.38. The van der Waals surface area contributed by atoms with Crippen LogP contribution in [0.5, 0.6) is 11.5 Å². The number of thioether (sulfide) groups is 1. The third-order valence-corrected chi connectivity index (χ3v) is 17.6. The zero-order valence-corrected chi connectivity index (χ0v) is 47.2. The molecule has 1 aliphatic heterocycles. The maximum atomic E-state index is 15.8. The van der Waals surface area contributed by atoms with E-state index in [1.807, 2.05) is 30.3 Å². The van der Waals surface area contributed by atoms with Gasteiger partial charge < -0.3 is 19.5 Å². The van der Waals surface area contributed by atoms with E-state index in [9.17, 15) is 26.4 Å². The molecular weight excluding hydrogens is 1060 g/mol. The summed E-state index contributed by atoms with van der Waals surface area (Å²) >= 11 is 0.161. The number of nitrogens with one attached hydrogen (secondary N) is 2. The fourth-order valence-electron chi connectivity index (χ4n) is 9.34. The summed E-state index contributed by atoms with van der Waals surface area (Å²) in [6.07, 6.45) is 1.62. The van der Waals surface area contributed by atoms with Gasteiger partial charge in [0, 0.05) is 33.2 Å². The summed E-state index contributed by atoms with van der Waals surface area (Å²) in [5.74, 6) is -8.62. The standard InChI is InChI=1S/C60H62F4N2O9S3/c1-33(2)40-16-13-17-41(34(3)4)47(40)29-38-21-23-44-49(31-38)75-50-32-39(30-48-42(35(5)6)18-14-19-43(48)36(7)8)22-24-45(50)52(44)46-15-11-12-20-51(46)77(69,70)66-78(71,72)58-55(63)53(61)57(54(62)56(58)64)76-28-27-74-60(68)65-25-26-73-59(67)37(9)10/h11-24,29,31-36,66H,9,25-28,30H2,1-8,10H3,(H,65,68)/b38-29+. The highest BCUT2D eigenvalue weighted by atomic mass is 32.3. The first kappa shape index (κ1) is 58.9. The molecule has 0 spiro atoms. The van der Waals surface area contributed by atoms with E-state index < -0.39 is 82.4 Å². The van der Waals surface area contributed by atoms with Crippen LogP contribution in [-0.2, 0) is 40.7 Å². The fourth-order valence-corrected chi connectivity index (χ4v) is 13.4. The molecule has 2 N–H and O–H groups in total. The number of hydrogen-bond donors (Lipinski definition) is 2. The molecule has 6 aromatic carbocycles. The SMILES string of the molecule is C=C(C)C(=O)OCCNC(=O)OCCSc1c(F)c(F)c(S(=O)(=O)NS(=O)(=O)c2ccccc2C2=c3cc/c(=C\c4c(C(C)C)cccc4C(C)C)cc3Oc3cc(Cc4c(C(C)C)cccc4C(C)C)ccc32)c(F)c1F. The number of halogens is 4.